The molecule has 10 heteroatoms. The average Bonchev–Trinajstić information content (AvgIpc) is 3.27. The molecule has 0 atom stereocenters. The number of sulfonamides is 1. The summed E-state index contributed by atoms with van der Waals surface area (Å²) >= 11 is 5.89. The molecule has 3 aromatic rings. The summed E-state index contributed by atoms with van der Waals surface area (Å²) in [5, 5.41) is 4.57. The Morgan fingerprint density at radius 2 is 1.78 bits per heavy atom. The second-order valence-electron chi connectivity index (χ2n) is 6.72. The van der Waals surface area contributed by atoms with Gasteiger partial charge in [-0.15, -0.1) is 0 Å². The number of aromatic nitrogens is 1. The Morgan fingerprint density at radius 3 is 2.41 bits per heavy atom. The Balaban J connectivity index is 1.76. The first-order valence-electron chi connectivity index (χ1n) is 9.87. The van der Waals surface area contributed by atoms with Gasteiger partial charge in [0.05, 0.1) is 12.7 Å². The third kappa shape index (κ3) is 5.12. The van der Waals surface area contributed by atoms with Crippen LogP contribution in [0.4, 0.5) is 0 Å². The molecule has 0 amide bonds. The molecule has 32 heavy (non-hydrogen) atoms. The highest BCUT2D eigenvalue weighted by Crippen LogP contribution is 2.28. The van der Waals surface area contributed by atoms with Crippen LogP contribution in [0.15, 0.2) is 57.9 Å². The SMILES string of the molecule is CCN(CC)S(=O)(=O)c1cc(C(=O)OCc2cc(-c3ccc(Cl)cc3)no2)ccc1OC. The summed E-state index contributed by atoms with van der Waals surface area (Å²) in [4.78, 5) is 12.5. The minimum Gasteiger partial charge on any atom is -0.495 e. The molecule has 0 spiro atoms. The molecule has 3 rings (SSSR count). The minimum atomic E-state index is -3.83. The van der Waals surface area contributed by atoms with Gasteiger partial charge in [-0.25, -0.2) is 13.2 Å². The van der Waals surface area contributed by atoms with Gasteiger partial charge in [0.2, 0.25) is 10.0 Å². The van der Waals surface area contributed by atoms with E-state index in [0.717, 1.165) is 5.56 Å². The Labute approximate surface area is 191 Å². The predicted octanol–water partition coefficient (Wildman–Crippen LogP) is 4.39. The van der Waals surface area contributed by atoms with Gasteiger partial charge in [-0.3, -0.25) is 0 Å². The second-order valence-corrected chi connectivity index (χ2v) is 9.06. The molecule has 0 radical (unpaired) electrons. The van der Waals surface area contributed by atoms with Gasteiger partial charge in [0.25, 0.3) is 0 Å². The zero-order valence-corrected chi connectivity index (χ0v) is 19.4. The summed E-state index contributed by atoms with van der Waals surface area (Å²) in [7, 11) is -2.46. The molecule has 1 heterocycles. The number of hydrogen-bond donors (Lipinski definition) is 0. The smallest absolute Gasteiger partial charge is 0.338 e. The lowest BCUT2D eigenvalue weighted by Crippen LogP contribution is -2.31. The summed E-state index contributed by atoms with van der Waals surface area (Å²) in [5.74, 6) is -0.211. The Morgan fingerprint density at radius 1 is 1.09 bits per heavy atom. The van der Waals surface area contributed by atoms with E-state index in [4.69, 9.17) is 25.6 Å². The fourth-order valence-corrected chi connectivity index (χ4v) is 4.83. The van der Waals surface area contributed by atoms with Crippen molar-refractivity contribution in [1.29, 1.82) is 0 Å². The van der Waals surface area contributed by atoms with Crippen molar-refractivity contribution >= 4 is 27.6 Å². The molecule has 0 unspecified atom stereocenters. The highest BCUT2D eigenvalue weighted by Gasteiger charge is 2.27. The van der Waals surface area contributed by atoms with Crippen LogP contribution in [0.1, 0.15) is 30.0 Å². The number of benzene rings is 2. The van der Waals surface area contributed by atoms with E-state index >= 15 is 0 Å². The normalized spacial score (nSPS) is 11.5. The van der Waals surface area contributed by atoms with Crippen LogP contribution in [-0.2, 0) is 21.4 Å². The molecule has 170 valence electrons. The van der Waals surface area contributed by atoms with Gasteiger partial charge in [0.1, 0.15) is 16.3 Å². The van der Waals surface area contributed by atoms with Crippen molar-refractivity contribution < 1.29 is 27.2 Å². The van der Waals surface area contributed by atoms with Crippen LogP contribution in [0.25, 0.3) is 11.3 Å². The number of nitrogens with zero attached hydrogens (tertiary/aromatic N) is 2. The van der Waals surface area contributed by atoms with E-state index in [9.17, 15) is 13.2 Å². The first kappa shape index (κ1) is 23.8. The van der Waals surface area contributed by atoms with Crippen molar-refractivity contribution in [2.75, 3.05) is 20.2 Å². The Bertz CT molecular complexity index is 1190. The van der Waals surface area contributed by atoms with Gasteiger partial charge in [0, 0.05) is 29.7 Å². The fraction of sp³-hybridized carbons (Fsp3) is 0.273. The number of rotatable bonds is 9. The van der Waals surface area contributed by atoms with Gasteiger partial charge in [-0.05, 0) is 30.3 Å². The first-order valence-corrected chi connectivity index (χ1v) is 11.7. The molecule has 0 bridgehead atoms. The topological polar surface area (TPSA) is 98.9 Å². The third-order valence-electron chi connectivity index (χ3n) is 4.77. The summed E-state index contributed by atoms with van der Waals surface area (Å²) in [5.41, 5.74) is 1.45. The van der Waals surface area contributed by atoms with Crippen LogP contribution in [0.2, 0.25) is 5.02 Å². The average molecular weight is 479 g/mol. The zero-order chi connectivity index (χ0) is 23.3. The molecule has 0 aliphatic heterocycles. The van der Waals surface area contributed by atoms with E-state index in [1.807, 2.05) is 0 Å². The van der Waals surface area contributed by atoms with Crippen LogP contribution < -0.4 is 4.74 Å². The van der Waals surface area contributed by atoms with Crippen molar-refractivity contribution in [2.45, 2.75) is 25.3 Å². The molecule has 0 aliphatic rings. The number of methoxy groups -OCH3 is 1. The Kier molecular flexibility index (Phi) is 7.55. The van der Waals surface area contributed by atoms with Crippen molar-refractivity contribution in [3.05, 3.63) is 64.9 Å². The monoisotopic (exact) mass is 478 g/mol. The van der Waals surface area contributed by atoms with Gasteiger partial charge in [0.15, 0.2) is 12.4 Å². The molecule has 0 fully saturated rings. The minimum absolute atomic E-state index is 0.0778. The number of ether oxygens (including phenoxy) is 2. The van der Waals surface area contributed by atoms with E-state index in [-0.39, 0.29) is 35.9 Å². The standard InChI is InChI=1S/C22H23ClN2O6S/c1-4-25(5-2)32(27,28)21-12-16(8-11-20(21)29-3)22(26)30-14-18-13-19(24-31-18)15-6-9-17(23)10-7-15/h6-13H,4-5,14H2,1-3H3. The van der Waals surface area contributed by atoms with Gasteiger partial charge in [-0.1, -0.05) is 42.7 Å². The largest absolute Gasteiger partial charge is 0.495 e. The lowest BCUT2D eigenvalue weighted by atomic mass is 10.1. The van der Waals surface area contributed by atoms with Gasteiger partial charge >= 0.3 is 5.97 Å². The molecule has 2 aromatic carbocycles. The van der Waals surface area contributed by atoms with Crippen LogP contribution in [0, 0.1) is 0 Å². The van der Waals surface area contributed by atoms with E-state index in [2.05, 4.69) is 5.16 Å². The van der Waals surface area contributed by atoms with Gasteiger partial charge < -0.3 is 14.0 Å². The maximum Gasteiger partial charge on any atom is 0.338 e. The number of esters is 1. The molecule has 1 aromatic heterocycles. The lowest BCUT2D eigenvalue weighted by molar-refractivity contribution is 0.0437. The van der Waals surface area contributed by atoms with Crippen molar-refractivity contribution in [2.24, 2.45) is 0 Å². The van der Waals surface area contributed by atoms with Crippen LogP contribution >= 0.6 is 11.6 Å². The van der Waals surface area contributed by atoms with Crippen molar-refractivity contribution in [1.82, 2.24) is 9.46 Å². The predicted molar refractivity (Wildman–Crippen MR) is 119 cm³/mol. The molecular weight excluding hydrogens is 456 g/mol. The quantitative estimate of drug-likeness (QED) is 0.420. The number of halogens is 1. The van der Waals surface area contributed by atoms with Crippen LogP contribution in [0.3, 0.4) is 0 Å². The molecule has 0 aliphatic carbocycles. The molecule has 0 saturated heterocycles. The van der Waals surface area contributed by atoms with E-state index < -0.39 is 16.0 Å². The fourth-order valence-electron chi connectivity index (χ4n) is 3.07. The Hall–Kier alpha value is -2.88. The van der Waals surface area contributed by atoms with Crippen LogP contribution in [-0.4, -0.2) is 44.0 Å². The number of carbonyl (C=O) groups excluding carboxylic acids is 1. The van der Waals surface area contributed by atoms with Crippen molar-refractivity contribution in [3.8, 4) is 17.0 Å². The lowest BCUT2D eigenvalue weighted by Gasteiger charge is -2.20. The molecule has 0 saturated carbocycles. The summed E-state index contributed by atoms with van der Waals surface area (Å²) in [6.07, 6.45) is 0. The second kappa shape index (κ2) is 10.2. The van der Waals surface area contributed by atoms with Gasteiger partial charge in [-0.2, -0.15) is 4.31 Å². The maximum atomic E-state index is 12.9. The first-order chi connectivity index (χ1) is 15.3. The maximum absolute atomic E-state index is 12.9. The van der Waals surface area contributed by atoms with E-state index in [1.165, 1.54) is 29.6 Å². The summed E-state index contributed by atoms with van der Waals surface area (Å²) in [6.45, 7) is 3.89. The molecule has 0 N–H and O–H groups in total. The van der Waals surface area contributed by atoms with E-state index in [0.29, 0.717) is 16.5 Å². The zero-order valence-electron chi connectivity index (χ0n) is 17.9. The molecular formula is C22H23ClN2O6S. The highest BCUT2D eigenvalue weighted by molar-refractivity contribution is 7.89. The number of carbonyl (C=O) groups is 1. The van der Waals surface area contributed by atoms with Crippen LogP contribution in [0.5, 0.6) is 5.75 Å². The summed E-state index contributed by atoms with van der Waals surface area (Å²) < 4.78 is 42.9. The molecule has 8 nitrogen and oxygen atoms in total. The van der Waals surface area contributed by atoms with Crippen molar-refractivity contribution in [3.63, 3.8) is 0 Å². The number of hydrogen-bond acceptors (Lipinski definition) is 7. The highest BCUT2D eigenvalue weighted by atomic mass is 35.5. The summed E-state index contributed by atoms with van der Waals surface area (Å²) in [6, 6.07) is 12.9. The van der Waals surface area contributed by atoms with E-state index in [1.54, 1.807) is 44.2 Å². The third-order valence-corrected chi connectivity index (χ3v) is 7.09.